The average molecular weight is 399 g/mol. The van der Waals surface area contributed by atoms with E-state index in [1.54, 1.807) is 0 Å². The highest BCUT2D eigenvalue weighted by Crippen LogP contribution is 2.69. The van der Waals surface area contributed by atoms with Gasteiger partial charge in [-0.05, 0) is 65.8 Å². The van der Waals surface area contributed by atoms with Crippen LogP contribution in [0.1, 0.15) is 15.9 Å². The van der Waals surface area contributed by atoms with Gasteiger partial charge in [-0.25, -0.2) is 4.79 Å². The van der Waals surface area contributed by atoms with E-state index >= 15 is 0 Å². The van der Waals surface area contributed by atoms with E-state index in [9.17, 15) is 4.79 Å². The summed E-state index contributed by atoms with van der Waals surface area (Å²) in [6.45, 7) is 2.00. The van der Waals surface area contributed by atoms with Crippen molar-refractivity contribution in [2.75, 3.05) is 0 Å². The summed E-state index contributed by atoms with van der Waals surface area (Å²) in [5, 5.41) is 0. The van der Waals surface area contributed by atoms with Gasteiger partial charge in [0.25, 0.3) is 0 Å². The Balaban J connectivity index is 1.92. The molecule has 144 valence electrons. The fourth-order valence-electron chi connectivity index (χ4n) is 3.24. The third-order valence-corrected chi connectivity index (χ3v) is 7.92. The zero-order valence-corrected chi connectivity index (χ0v) is 17.0. The number of aryl methyl sites for hydroxylation is 1. The lowest BCUT2D eigenvalue weighted by Gasteiger charge is -2.39. The lowest BCUT2D eigenvalue weighted by atomic mass is 10.2. The second-order valence-corrected chi connectivity index (χ2v) is 9.43. The maximum Gasteiger partial charge on any atom is 0.349 e. The number of rotatable bonds is 5. The zero-order chi connectivity index (χ0) is 20.1. The van der Waals surface area contributed by atoms with E-state index in [0.717, 1.165) is 20.2 Å². The van der Waals surface area contributed by atoms with Crippen LogP contribution < -0.4 is 0 Å². The summed E-state index contributed by atoms with van der Waals surface area (Å²) >= 11 is 0. The molecule has 0 spiro atoms. The fourth-order valence-corrected chi connectivity index (χ4v) is 6.29. The molecule has 0 aliphatic rings. The number of hydrogen-bond donors (Lipinski definition) is 0. The summed E-state index contributed by atoms with van der Waals surface area (Å²) in [4.78, 5) is 16.2. The van der Waals surface area contributed by atoms with Crippen molar-refractivity contribution in [3.63, 3.8) is 0 Å². The third-order valence-electron chi connectivity index (χ3n) is 4.71. The predicted octanol–water partition coefficient (Wildman–Crippen LogP) is 7.05. The van der Waals surface area contributed by atoms with E-state index in [4.69, 9.17) is 4.18 Å². The van der Waals surface area contributed by atoms with E-state index in [1.807, 2.05) is 122 Å². The van der Waals surface area contributed by atoms with Crippen LogP contribution in [0.3, 0.4) is 0 Å². The molecule has 0 aliphatic carbocycles. The van der Waals surface area contributed by atoms with Gasteiger partial charge < -0.3 is 4.18 Å². The highest BCUT2D eigenvalue weighted by Gasteiger charge is 2.35. The van der Waals surface area contributed by atoms with Crippen molar-refractivity contribution in [2.24, 2.45) is 0 Å². The highest BCUT2D eigenvalue weighted by atomic mass is 32.3. The first-order valence-corrected chi connectivity index (χ1v) is 11.0. The maximum absolute atomic E-state index is 13.3. The van der Waals surface area contributed by atoms with E-state index in [-0.39, 0.29) is 5.97 Å². The minimum absolute atomic E-state index is 0.323. The Labute approximate surface area is 173 Å². The summed E-state index contributed by atoms with van der Waals surface area (Å²) in [6, 6.07) is 37.6. The zero-order valence-electron chi connectivity index (χ0n) is 16.2. The van der Waals surface area contributed by atoms with Gasteiger partial charge in [-0.2, -0.15) is 0 Å². The first kappa shape index (κ1) is 19.0. The SMILES string of the molecule is Cc1ccc(C(=O)OS(c2ccccc2)(c2ccccc2)c2ccccc2)cc1. The number of benzene rings is 4. The molecular formula is C26H22O2S. The molecule has 0 N–H and O–H groups in total. The van der Waals surface area contributed by atoms with Gasteiger partial charge in [-0.15, -0.1) is 0 Å². The van der Waals surface area contributed by atoms with Crippen molar-refractivity contribution in [2.45, 2.75) is 21.6 Å². The lowest BCUT2D eigenvalue weighted by molar-refractivity contribution is 0.0757. The standard InChI is InChI=1S/C26H22O2S/c1-21-17-19-22(20-18-21)26(27)28-29(23-11-5-2-6-12-23,24-13-7-3-8-14-24)25-15-9-4-10-16-25/h2-20H,1H3. The summed E-state index contributed by atoms with van der Waals surface area (Å²) < 4.78 is 6.47. The molecule has 0 radical (unpaired) electrons. The van der Waals surface area contributed by atoms with Crippen LogP contribution in [0.2, 0.25) is 0 Å². The Kier molecular flexibility index (Phi) is 5.50. The Morgan fingerprint density at radius 3 is 1.34 bits per heavy atom. The van der Waals surface area contributed by atoms with Crippen LogP contribution in [0.5, 0.6) is 0 Å². The second kappa shape index (κ2) is 8.38. The molecule has 0 bridgehead atoms. The number of carbonyl (C=O) groups is 1. The molecule has 3 heteroatoms. The average Bonchev–Trinajstić information content (AvgIpc) is 2.79. The minimum atomic E-state index is -2.24. The van der Waals surface area contributed by atoms with Crippen LogP contribution >= 0.6 is 10.3 Å². The molecule has 0 heterocycles. The summed E-state index contributed by atoms with van der Waals surface area (Å²) in [6.07, 6.45) is 0. The molecule has 0 aromatic heterocycles. The molecule has 0 aliphatic heterocycles. The molecule has 29 heavy (non-hydrogen) atoms. The number of carbonyl (C=O) groups excluding carboxylic acids is 1. The van der Waals surface area contributed by atoms with Crippen molar-refractivity contribution in [3.8, 4) is 0 Å². The molecule has 2 nitrogen and oxygen atoms in total. The molecule has 4 aromatic carbocycles. The van der Waals surface area contributed by atoms with E-state index in [1.165, 1.54) is 0 Å². The van der Waals surface area contributed by atoms with Gasteiger partial charge in [-0.1, -0.05) is 72.3 Å². The van der Waals surface area contributed by atoms with Crippen molar-refractivity contribution < 1.29 is 8.98 Å². The quantitative estimate of drug-likeness (QED) is 0.360. The van der Waals surface area contributed by atoms with Crippen molar-refractivity contribution >= 4 is 16.3 Å². The van der Waals surface area contributed by atoms with Crippen LogP contribution in [0.25, 0.3) is 0 Å². The Morgan fingerprint density at radius 2 is 0.966 bits per heavy atom. The summed E-state index contributed by atoms with van der Waals surface area (Å²) in [7, 11) is -2.24. The Bertz CT molecular complexity index is 979. The molecule has 0 saturated carbocycles. The van der Waals surface area contributed by atoms with Gasteiger partial charge in [0, 0.05) is 14.7 Å². The normalized spacial score (nSPS) is 11.6. The van der Waals surface area contributed by atoms with Crippen molar-refractivity contribution in [1.29, 1.82) is 0 Å². The van der Waals surface area contributed by atoms with Gasteiger partial charge in [0.05, 0.1) is 5.56 Å². The molecule has 4 rings (SSSR count). The monoisotopic (exact) mass is 398 g/mol. The second-order valence-electron chi connectivity index (χ2n) is 6.73. The Hall–Kier alpha value is -3.30. The van der Waals surface area contributed by atoms with Crippen molar-refractivity contribution in [3.05, 3.63) is 126 Å². The van der Waals surface area contributed by atoms with Crippen LogP contribution in [-0.2, 0) is 4.18 Å². The fraction of sp³-hybridized carbons (Fsp3) is 0.0385. The van der Waals surface area contributed by atoms with Crippen LogP contribution in [0.15, 0.2) is 130 Å². The van der Waals surface area contributed by atoms with Crippen LogP contribution in [0, 0.1) is 6.92 Å². The summed E-state index contributed by atoms with van der Waals surface area (Å²) in [5.41, 5.74) is 1.66. The molecule has 0 amide bonds. The molecule has 0 atom stereocenters. The molecular weight excluding hydrogens is 376 g/mol. The highest BCUT2D eigenvalue weighted by molar-refractivity contribution is 8.30. The first-order valence-electron chi connectivity index (χ1n) is 9.49. The topological polar surface area (TPSA) is 26.3 Å². The molecule has 0 fully saturated rings. The van der Waals surface area contributed by atoms with Gasteiger partial charge in [0.1, 0.15) is 0 Å². The molecule has 0 unspecified atom stereocenters. The lowest BCUT2D eigenvalue weighted by Crippen LogP contribution is -2.14. The minimum Gasteiger partial charge on any atom is -0.398 e. The summed E-state index contributed by atoms with van der Waals surface area (Å²) in [5.74, 6) is -0.323. The van der Waals surface area contributed by atoms with Crippen LogP contribution in [-0.4, -0.2) is 5.97 Å². The van der Waals surface area contributed by atoms with Gasteiger partial charge in [0.15, 0.2) is 0 Å². The maximum atomic E-state index is 13.3. The van der Waals surface area contributed by atoms with Gasteiger partial charge in [0.2, 0.25) is 0 Å². The Morgan fingerprint density at radius 1 is 0.586 bits per heavy atom. The number of hydrogen-bond acceptors (Lipinski definition) is 2. The largest absolute Gasteiger partial charge is 0.398 e. The van der Waals surface area contributed by atoms with Gasteiger partial charge >= 0.3 is 5.97 Å². The third kappa shape index (κ3) is 3.82. The predicted molar refractivity (Wildman–Crippen MR) is 118 cm³/mol. The van der Waals surface area contributed by atoms with E-state index < -0.39 is 10.3 Å². The first-order chi connectivity index (χ1) is 14.2. The van der Waals surface area contributed by atoms with Crippen LogP contribution in [0.4, 0.5) is 0 Å². The van der Waals surface area contributed by atoms with Crippen molar-refractivity contribution in [1.82, 2.24) is 0 Å². The molecule has 0 saturated heterocycles. The van der Waals surface area contributed by atoms with Gasteiger partial charge in [-0.3, -0.25) is 0 Å². The molecule has 4 aromatic rings. The smallest absolute Gasteiger partial charge is 0.349 e. The van der Waals surface area contributed by atoms with E-state index in [2.05, 4.69) is 0 Å². The van der Waals surface area contributed by atoms with E-state index in [0.29, 0.717) is 5.56 Å².